The largest absolute Gasteiger partial charge is 0.483 e. The van der Waals surface area contributed by atoms with Crippen LogP contribution in [0.5, 0.6) is 5.75 Å². The van der Waals surface area contributed by atoms with Gasteiger partial charge in [-0.15, -0.1) is 0 Å². The van der Waals surface area contributed by atoms with Crippen molar-refractivity contribution in [3.05, 3.63) is 58.2 Å². The van der Waals surface area contributed by atoms with Gasteiger partial charge in [0.1, 0.15) is 11.4 Å². The Balaban J connectivity index is 2.73. The zero-order valence-corrected chi connectivity index (χ0v) is 16.2. The number of benzene rings is 1. The molecule has 140 valence electrons. The summed E-state index contributed by atoms with van der Waals surface area (Å²) in [5.41, 5.74) is 2.80. The van der Waals surface area contributed by atoms with E-state index < -0.39 is 11.7 Å². The van der Waals surface area contributed by atoms with Crippen LogP contribution >= 0.6 is 0 Å². The predicted molar refractivity (Wildman–Crippen MR) is 104 cm³/mol. The highest BCUT2D eigenvalue weighted by Gasteiger charge is 2.43. The first kappa shape index (κ1) is 20.1. The van der Waals surface area contributed by atoms with E-state index in [1.807, 2.05) is 45.1 Å². The van der Waals surface area contributed by atoms with Crippen LogP contribution in [0.25, 0.3) is 6.08 Å². The number of aliphatic hydroxyl groups is 2. The van der Waals surface area contributed by atoms with Crippen LogP contribution in [-0.2, 0) is 13.0 Å². The second-order valence-electron chi connectivity index (χ2n) is 7.31. The monoisotopic (exact) mass is 356 g/mol. The first-order chi connectivity index (χ1) is 12.2. The van der Waals surface area contributed by atoms with Crippen LogP contribution < -0.4 is 4.74 Å². The molecule has 4 nitrogen and oxygen atoms in total. The number of ether oxygens (including phenoxy) is 1. The fourth-order valence-corrected chi connectivity index (χ4v) is 2.99. The van der Waals surface area contributed by atoms with Gasteiger partial charge in [0, 0.05) is 5.56 Å². The lowest BCUT2D eigenvalue weighted by atomic mass is 9.85. The molecule has 1 aromatic carbocycles. The molecule has 0 saturated carbocycles. The van der Waals surface area contributed by atoms with E-state index in [1.165, 1.54) is 5.57 Å². The summed E-state index contributed by atoms with van der Waals surface area (Å²) in [4.78, 5) is 12.7. The molecule has 2 N–H and O–H groups in total. The highest BCUT2D eigenvalue weighted by Crippen LogP contribution is 2.40. The van der Waals surface area contributed by atoms with Gasteiger partial charge in [-0.05, 0) is 58.2 Å². The van der Waals surface area contributed by atoms with Crippen molar-refractivity contribution in [1.82, 2.24) is 0 Å². The fourth-order valence-electron chi connectivity index (χ4n) is 2.99. The van der Waals surface area contributed by atoms with Gasteiger partial charge in [-0.2, -0.15) is 0 Å². The van der Waals surface area contributed by atoms with Crippen LogP contribution in [0.15, 0.2) is 35.9 Å². The Labute approximate surface area is 155 Å². The van der Waals surface area contributed by atoms with Gasteiger partial charge < -0.3 is 14.9 Å². The maximum Gasteiger partial charge on any atom is 0.199 e. The van der Waals surface area contributed by atoms with Gasteiger partial charge in [-0.1, -0.05) is 36.0 Å². The molecule has 1 atom stereocenters. The van der Waals surface area contributed by atoms with Gasteiger partial charge in [0.2, 0.25) is 0 Å². The third kappa shape index (κ3) is 3.97. The van der Waals surface area contributed by atoms with E-state index >= 15 is 0 Å². The number of hydrogen-bond acceptors (Lipinski definition) is 4. The van der Waals surface area contributed by atoms with E-state index in [0.717, 1.165) is 11.1 Å². The highest BCUT2D eigenvalue weighted by molar-refractivity contribution is 6.04. The van der Waals surface area contributed by atoms with Gasteiger partial charge in [-0.25, -0.2) is 0 Å². The third-order valence-electron chi connectivity index (χ3n) is 4.50. The minimum atomic E-state index is -1.23. The molecule has 0 aromatic heterocycles. The first-order valence-corrected chi connectivity index (χ1v) is 8.86. The van der Waals surface area contributed by atoms with Crippen molar-refractivity contribution in [2.75, 3.05) is 0 Å². The van der Waals surface area contributed by atoms with Crippen LogP contribution in [0.1, 0.15) is 61.7 Å². The number of rotatable bonds is 5. The maximum atomic E-state index is 12.7. The Morgan fingerprint density at radius 1 is 1.31 bits per heavy atom. The number of carbonyl (C=O) groups excluding carboxylic acids is 1. The highest BCUT2D eigenvalue weighted by atomic mass is 16.5. The lowest BCUT2D eigenvalue weighted by molar-refractivity contribution is -0.0260. The predicted octanol–water partition coefficient (Wildman–Crippen LogP) is 3.99. The molecule has 4 heteroatoms. The van der Waals surface area contributed by atoms with Crippen molar-refractivity contribution in [2.24, 2.45) is 0 Å². The average molecular weight is 356 g/mol. The van der Waals surface area contributed by atoms with E-state index in [2.05, 4.69) is 6.08 Å². The van der Waals surface area contributed by atoms with Gasteiger partial charge >= 0.3 is 0 Å². The quantitative estimate of drug-likeness (QED) is 0.618. The van der Waals surface area contributed by atoms with Crippen molar-refractivity contribution < 1.29 is 19.7 Å². The van der Waals surface area contributed by atoms with Crippen molar-refractivity contribution in [3.8, 4) is 5.75 Å². The molecule has 0 saturated heterocycles. The summed E-state index contributed by atoms with van der Waals surface area (Å²) in [6.07, 6.45) is 9.12. The SMILES string of the molecule is C/C=C/C=C\c1c(CC=C(C)C)cc2c(c1CO)OC(C)(C)[C@H](O)C2=O. The summed E-state index contributed by atoms with van der Waals surface area (Å²) >= 11 is 0. The zero-order valence-electron chi connectivity index (χ0n) is 16.2. The normalized spacial score (nSPS) is 18.9. The molecule has 0 amide bonds. The second kappa shape index (κ2) is 8.02. The van der Waals surface area contributed by atoms with E-state index in [-0.39, 0.29) is 12.4 Å². The van der Waals surface area contributed by atoms with Crippen molar-refractivity contribution >= 4 is 11.9 Å². The number of allylic oxidation sites excluding steroid dienone is 5. The number of aliphatic hydroxyl groups excluding tert-OH is 2. The van der Waals surface area contributed by atoms with Crippen LogP contribution in [0.2, 0.25) is 0 Å². The van der Waals surface area contributed by atoms with Gasteiger partial charge in [0.15, 0.2) is 11.9 Å². The molecule has 0 radical (unpaired) electrons. The topological polar surface area (TPSA) is 66.8 Å². The minimum absolute atomic E-state index is 0.250. The van der Waals surface area contributed by atoms with Crippen LogP contribution in [0.4, 0.5) is 0 Å². The van der Waals surface area contributed by atoms with Crippen LogP contribution in [0.3, 0.4) is 0 Å². The van der Waals surface area contributed by atoms with Crippen molar-refractivity contribution in [3.63, 3.8) is 0 Å². The molecular weight excluding hydrogens is 328 g/mol. The molecule has 0 spiro atoms. The van der Waals surface area contributed by atoms with Gasteiger partial charge in [-0.3, -0.25) is 4.79 Å². The van der Waals surface area contributed by atoms with E-state index in [9.17, 15) is 15.0 Å². The summed E-state index contributed by atoms with van der Waals surface area (Å²) in [5.74, 6) is 0.00209. The summed E-state index contributed by atoms with van der Waals surface area (Å²) in [6.45, 7) is 9.06. The molecule has 1 aliphatic rings. The van der Waals surface area contributed by atoms with Crippen molar-refractivity contribution in [2.45, 2.75) is 59.4 Å². The Bertz CT molecular complexity index is 778. The van der Waals surface area contributed by atoms with E-state index in [1.54, 1.807) is 19.9 Å². The minimum Gasteiger partial charge on any atom is -0.483 e. The lowest BCUT2D eigenvalue weighted by Gasteiger charge is -2.37. The maximum absolute atomic E-state index is 12.7. The number of hydrogen-bond donors (Lipinski definition) is 2. The lowest BCUT2D eigenvalue weighted by Crippen LogP contribution is -2.50. The molecule has 1 heterocycles. The zero-order chi connectivity index (χ0) is 19.5. The molecule has 2 rings (SSSR count). The van der Waals surface area contributed by atoms with Crippen LogP contribution in [0, 0.1) is 0 Å². The molecule has 1 aliphatic heterocycles. The van der Waals surface area contributed by atoms with E-state index in [0.29, 0.717) is 23.3 Å². The standard InChI is InChI=1S/C22H28O4/c1-6-7-8-9-16-15(11-10-14(2)3)12-17-19(24)21(25)22(4,5)26-20(17)18(16)13-23/h6-10,12,21,23,25H,11,13H2,1-5H3/b7-6+,9-8-/t21-/m1/s1. The Morgan fingerprint density at radius 3 is 2.58 bits per heavy atom. The Kier molecular flexibility index (Phi) is 6.21. The first-order valence-electron chi connectivity index (χ1n) is 8.86. The fraction of sp³-hybridized carbons (Fsp3) is 0.409. The molecule has 0 aliphatic carbocycles. The summed E-state index contributed by atoms with van der Waals surface area (Å²) in [7, 11) is 0. The van der Waals surface area contributed by atoms with Gasteiger partial charge in [0.05, 0.1) is 12.2 Å². The van der Waals surface area contributed by atoms with Crippen molar-refractivity contribution in [1.29, 1.82) is 0 Å². The molecule has 0 unspecified atom stereocenters. The summed E-state index contributed by atoms with van der Waals surface area (Å²) in [6, 6.07) is 1.78. The number of carbonyl (C=O) groups is 1. The van der Waals surface area contributed by atoms with Gasteiger partial charge in [0.25, 0.3) is 0 Å². The number of ketones is 1. The molecule has 26 heavy (non-hydrogen) atoms. The average Bonchev–Trinajstić information content (AvgIpc) is 2.58. The van der Waals surface area contributed by atoms with E-state index in [4.69, 9.17) is 4.74 Å². The third-order valence-corrected chi connectivity index (χ3v) is 4.50. The van der Waals surface area contributed by atoms with Crippen LogP contribution in [-0.4, -0.2) is 27.7 Å². The smallest absolute Gasteiger partial charge is 0.199 e. The Hall–Kier alpha value is -2.17. The second-order valence-corrected chi connectivity index (χ2v) is 7.31. The molecule has 1 aromatic rings. The molecule has 0 bridgehead atoms. The molecular formula is C22H28O4. The Morgan fingerprint density at radius 2 is 2.00 bits per heavy atom. The molecule has 0 fully saturated rings. The number of fused-ring (bicyclic) bond motifs is 1. The summed E-state index contributed by atoms with van der Waals surface area (Å²) < 4.78 is 5.95. The summed E-state index contributed by atoms with van der Waals surface area (Å²) in [5, 5.41) is 20.3. The number of Topliss-reactive ketones (excluding diaryl/α,β-unsaturated/α-hetero) is 1.